The third kappa shape index (κ3) is 5.96. The predicted octanol–water partition coefficient (Wildman–Crippen LogP) is 4.40. The Balaban J connectivity index is 2.18. The van der Waals surface area contributed by atoms with E-state index in [1.165, 1.54) is 25.1 Å². The second-order valence-electron chi connectivity index (χ2n) is 7.75. The van der Waals surface area contributed by atoms with E-state index in [1.54, 1.807) is 30.3 Å². The van der Waals surface area contributed by atoms with Crippen molar-refractivity contribution >= 4 is 29.2 Å². The van der Waals surface area contributed by atoms with Crippen LogP contribution in [0.25, 0.3) is 11.1 Å². The fourth-order valence-corrected chi connectivity index (χ4v) is 3.66. The number of ether oxygens (including phenoxy) is 2. The Labute approximate surface area is 219 Å². The van der Waals surface area contributed by atoms with E-state index in [2.05, 4.69) is 4.98 Å². The number of aliphatic carboxylic acids is 1. The second kappa shape index (κ2) is 11.4. The van der Waals surface area contributed by atoms with Crippen LogP contribution in [0.3, 0.4) is 0 Å². The lowest BCUT2D eigenvalue weighted by Crippen LogP contribution is -2.29. The Morgan fingerprint density at radius 2 is 1.87 bits per heavy atom. The summed E-state index contributed by atoms with van der Waals surface area (Å²) in [6.07, 6.45) is -5.90. The van der Waals surface area contributed by atoms with Gasteiger partial charge in [-0.2, -0.15) is 18.4 Å². The van der Waals surface area contributed by atoms with Gasteiger partial charge in [-0.25, -0.2) is 4.79 Å². The van der Waals surface area contributed by atoms with E-state index < -0.39 is 42.0 Å². The number of aliphatic hydroxyl groups excluding tert-OH is 1. The van der Waals surface area contributed by atoms with Crippen LogP contribution in [0.2, 0.25) is 5.02 Å². The molecule has 13 heteroatoms. The molecule has 38 heavy (non-hydrogen) atoms. The van der Waals surface area contributed by atoms with Gasteiger partial charge in [0.1, 0.15) is 23.8 Å². The first kappa shape index (κ1) is 28.2. The summed E-state index contributed by atoms with van der Waals surface area (Å²) >= 11 is 6.36. The van der Waals surface area contributed by atoms with Crippen LogP contribution in [0.5, 0.6) is 11.5 Å². The minimum Gasteiger partial charge on any atom is -0.495 e. The lowest BCUT2D eigenvalue weighted by Gasteiger charge is -2.22. The molecule has 2 N–H and O–H groups in total. The van der Waals surface area contributed by atoms with Crippen LogP contribution in [0, 0.1) is 11.3 Å². The SMILES string of the molecule is COc1ccccc1N(C)C(=O)c1cc(-c2cnc(C(F)(F)F)cc2C#N)c(Cl)cc1OCC(O)C(=O)O. The molecule has 0 aliphatic rings. The first-order valence-corrected chi connectivity index (χ1v) is 11.0. The molecule has 1 aromatic heterocycles. The third-order valence-electron chi connectivity index (χ3n) is 5.34. The maximum atomic E-state index is 13.6. The molecule has 0 aliphatic carbocycles. The Kier molecular flexibility index (Phi) is 8.45. The Bertz CT molecular complexity index is 1420. The zero-order chi connectivity index (χ0) is 28.2. The quantitative estimate of drug-likeness (QED) is 0.422. The molecule has 0 spiro atoms. The summed E-state index contributed by atoms with van der Waals surface area (Å²) in [6, 6.07) is 11.1. The van der Waals surface area contributed by atoms with Crippen molar-refractivity contribution in [3.8, 4) is 28.7 Å². The van der Waals surface area contributed by atoms with Gasteiger partial charge in [0.2, 0.25) is 0 Å². The molecule has 0 saturated carbocycles. The Morgan fingerprint density at radius 3 is 2.47 bits per heavy atom. The van der Waals surface area contributed by atoms with E-state index in [4.69, 9.17) is 26.2 Å². The minimum absolute atomic E-state index is 0.00708. The fraction of sp³-hybridized carbons (Fsp3) is 0.200. The molecule has 198 valence electrons. The normalized spacial score (nSPS) is 11.8. The number of halogens is 4. The van der Waals surface area contributed by atoms with Crippen molar-refractivity contribution in [3.05, 3.63) is 70.5 Å². The van der Waals surface area contributed by atoms with E-state index in [-0.39, 0.29) is 27.5 Å². The van der Waals surface area contributed by atoms with Crippen LogP contribution in [0.15, 0.2) is 48.7 Å². The summed E-state index contributed by atoms with van der Waals surface area (Å²) in [5.74, 6) is -2.14. The van der Waals surface area contributed by atoms with Gasteiger partial charge in [0.15, 0.2) is 6.10 Å². The van der Waals surface area contributed by atoms with Crippen LogP contribution < -0.4 is 14.4 Å². The summed E-state index contributed by atoms with van der Waals surface area (Å²) in [6.45, 7) is -0.741. The van der Waals surface area contributed by atoms with Gasteiger partial charge in [-0.15, -0.1) is 0 Å². The van der Waals surface area contributed by atoms with Gasteiger partial charge in [-0.3, -0.25) is 9.78 Å². The lowest BCUT2D eigenvalue weighted by molar-refractivity contribution is -0.148. The molecule has 0 bridgehead atoms. The van der Waals surface area contributed by atoms with Crippen LogP contribution in [0.4, 0.5) is 18.9 Å². The molecule has 1 unspecified atom stereocenters. The van der Waals surface area contributed by atoms with Gasteiger partial charge >= 0.3 is 12.1 Å². The number of aromatic nitrogens is 1. The molecule has 0 aliphatic heterocycles. The molecule has 3 aromatic rings. The van der Waals surface area contributed by atoms with E-state index in [9.17, 15) is 33.1 Å². The maximum absolute atomic E-state index is 13.6. The number of carbonyl (C=O) groups excluding carboxylic acids is 1. The summed E-state index contributed by atoms with van der Waals surface area (Å²) < 4.78 is 50.0. The van der Waals surface area contributed by atoms with Crippen molar-refractivity contribution in [2.45, 2.75) is 12.3 Å². The van der Waals surface area contributed by atoms with E-state index in [0.717, 1.165) is 12.3 Å². The van der Waals surface area contributed by atoms with Crippen LogP contribution in [-0.4, -0.2) is 53.9 Å². The summed E-state index contributed by atoms with van der Waals surface area (Å²) in [5.41, 5.74) is -1.63. The van der Waals surface area contributed by atoms with Crippen molar-refractivity contribution < 1.29 is 42.4 Å². The molecule has 1 heterocycles. The molecular formula is C25H19ClF3N3O6. The number of rotatable bonds is 8. The van der Waals surface area contributed by atoms with Crippen LogP contribution in [-0.2, 0) is 11.0 Å². The summed E-state index contributed by atoms with van der Waals surface area (Å²) in [5, 5.41) is 27.9. The number of aliphatic hydroxyl groups is 1. The van der Waals surface area contributed by atoms with Gasteiger partial charge < -0.3 is 24.6 Å². The Hall–Kier alpha value is -4.34. The number of carbonyl (C=O) groups is 2. The second-order valence-corrected chi connectivity index (χ2v) is 8.16. The number of amides is 1. The smallest absolute Gasteiger partial charge is 0.433 e. The zero-order valence-electron chi connectivity index (χ0n) is 19.8. The fourth-order valence-electron chi connectivity index (χ4n) is 3.40. The number of carboxylic acid groups (broad SMARTS) is 1. The number of nitrogens with zero attached hydrogens (tertiary/aromatic N) is 3. The number of anilines is 1. The molecule has 1 atom stereocenters. The van der Waals surface area contributed by atoms with Gasteiger partial charge in [-0.1, -0.05) is 23.7 Å². The number of methoxy groups -OCH3 is 1. The summed E-state index contributed by atoms with van der Waals surface area (Å²) in [4.78, 5) is 29.2. The highest BCUT2D eigenvalue weighted by Crippen LogP contribution is 2.39. The van der Waals surface area contributed by atoms with E-state index in [0.29, 0.717) is 17.5 Å². The number of benzene rings is 2. The molecule has 3 rings (SSSR count). The van der Waals surface area contributed by atoms with Crippen LogP contribution >= 0.6 is 11.6 Å². The molecule has 9 nitrogen and oxygen atoms in total. The van der Waals surface area contributed by atoms with Crippen LogP contribution in [0.1, 0.15) is 21.6 Å². The van der Waals surface area contributed by atoms with Crippen molar-refractivity contribution in [2.24, 2.45) is 0 Å². The number of nitriles is 1. The number of carboxylic acids is 1. The van der Waals surface area contributed by atoms with Gasteiger partial charge in [0.25, 0.3) is 5.91 Å². The zero-order valence-corrected chi connectivity index (χ0v) is 20.5. The number of para-hydroxylation sites is 2. The lowest BCUT2D eigenvalue weighted by atomic mass is 9.98. The molecule has 1 amide bonds. The number of hydrogen-bond acceptors (Lipinski definition) is 7. The predicted molar refractivity (Wildman–Crippen MR) is 129 cm³/mol. The average Bonchev–Trinajstić information content (AvgIpc) is 2.89. The van der Waals surface area contributed by atoms with Crippen molar-refractivity contribution in [3.63, 3.8) is 0 Å². The molecule has 0 saturated heterocycles. The van der Waals surface area contributed by atoms with E-state index in [1.807, 2.05) is 0 Å². The van der Waals surface area contributed by atoms with Crippen molar-refractivity contribution in [1.29, 1.82) is 5.26 Å². The molecule has 0 fully saturated rings. The van der Waals surface area contributed by atoms with Crippen molar-refractivity contribution in [1.82, 2.24) is 4.98 Å². The molecule has 0 radical (unpaired) electrons. The van der Waals surface area contributed by atoms with E-state index >= 15 is 0 Å². The first-order chi connectivity index (χ1) is 17.9. The summed E-state index contributed by atoms with van der Waals surface area (Å²) in [7, 11) is 2.82. The maximum Gasteiger partial charge on any atom is 0.433 e. The largest absolute Gasteiger partial charge is 0.495 e. The van der Waals surface area contributed by atoms with Crippen molar-refractivity contribution in [2.75, 3.05) is 25.7 Å². The van der Waals surface area contributed by atoms with Gasteiger partial charge in [-0.05, 0) is 24.3 Å². The minimum atomic E-state index is -4.80. The van der Waals surface area contributed by atoms with Gasteiger partial charge in [0, 0.05) is 30.4 Å². The highest BCUT2D eigenvalue weighted by Gasteiger charge is 2.33. The standard InChI is InChI=1S/C25H19ClF3N3O6/c1-32(18-5-3-4-6-20(18)37-2)23(34)15-8-14(17(26)9-21(15)38-12-19(33)24(35)36)16-11-31-22(25(27,28)29)7-13(16)10-30/h3-9,11,19,33H,12H2,1-2H3,(H,35,36). The highest BCUT2D eigenvalue weighted by atomic mass is 35.5. The highest BCUT2D eigenvalue weighted by molar-refractivity contribution is 6.34. The third-order valence-corrected chi connectivity index (χ3v) is 5.65. The number of pyridine rings is 1. The average molecular weight is 550 g/mol. The molecule has 2 aromatic carbocycles. The number of hydrogen-bond donors (Lipinski definition) is 2. The number of alkyl halides is 3. The first-order valence-electron chi connectivity index (χ1n) is 10.6. The monoisotopic (exact) mass is 549 g/mol. The molecular weight excluding hydrogens is 531 g/mol. The Morgan fingerprint density at radius 1 is 1.18 bits per heavy atom. The van der Waals surface area contributed by atoms with Gasteiger partial charge in [0.05, 0.1) is 35.0 Å². The topological polar surface area (TPSA) is 133 Å².